The maximum atomic E-state index is 12.4. The number of esters is 1. The second kappa shape index (κ2) is 9.95. The molecule has 0 saturated carbocycles. The van der Waals surface area contributed by atoms with Gasteiger partial charge in [0.1, 0.15) is 0 Å². The Balaban J connectivity index is 1.75. The van der Waals surface area contributed by atoms with Crippen molar-refractivity contribution in [3.63, 3.8) is 0 Å². The first kappa shape index (κ1) is 23.5. The highest BCUT2D eigenvalue weighted by Gasteiger charge is 2.21. The lowest BCUT2D eigenvalue weighted by molar-refractivity contribution is 0.0371. The number of nitrogens with zero attached hydrogens (tertiary/aromatic N) is 4. The number of nitrogens with one attached hydrogen (secondary N) is 2. The van der Waals surface area contributed by atoms with Crippen molar-refractivity contribution in [1.29, 1.82) is 0 Å². The molecule has 0 radical (unpaired) electrons. The van der Waals surface area contributed by atoms with Crippen LogP contribution in [0, 0.1) is 20.8 Å². The summed E-state index contributed by atoms with van der Waals surface area (Å²) in [5.74, 6) is -0.490. The molecule has 3 aromatic rings. The van der Waals surface area contributed by atoms with Crippen LogP contribution in [-0.2, 0) is 17.8 Å². The van der Waals surface area contributed by atoms with Crippen molar-refractivity contribution in [2.45, 2.75) is 60.7 Å². The SMILES string of the molecule is CCn1cc(NC(=S)Nc2c(C)nn(Cc3ccc(C)cc3)c2C)c(C(=O)OC(C)C)n1. The van der Waals surface area contributed by atoms with Crippen LogP contribution in [0.5, 0.6) is 0 Å². The minimum absolute atomic E-state index is 0.202. The summed E-state index contributed by atoms with van der Waals surface area (Å²) in [6.07, 6.45) is 1.50. The average molecular weight is 455 g/mol. The fourth-order valence-corrected chi connectivity index (χ4v) is 3.47. The molecule has 2 heterocycles. The third-order valence-electron chi connectivity index (χ3n) is 4.94. The normalized spacial score (nSPS) is 11.0. The number of anilines is 2. The lowest BCUT2D eigenvalue weighted by Crippen LogP contribution is -2.22. The van der Waals surface area contributed by atoms with Gasteiger partial charge in [-0.25, -0.2) is 4.79 Å². The van der Waals surface area contributed by atoms with E-state index >= 15 is 0 Å². The zero-order valence-electron chi connectivity index (χ0n) is 19.4. The van der Waals surface area contributed by atoms with Gasteiger partial charge in [-0.3, -0.25) is 9.36 Å². The van der Waals surface area contributed by atoms with Gasteiger partial charge in [-0.2, -0.15) is 10.2 Å². The van der Waals surface area contributed by atoms with Crippen LogP contribution in [0.2, 0.25) is 0 Å². The fourth-order valence-electron chi connectivity index (χ4n) is 3.26. The van der Waals surface area contributed by atoms with Crippen LogP contribution in [0.1, 0.15) is 53.8 Å². The van der Waals surface area contributed by atoms with Crippen molar-refractivity contribution < 1.29 is 9.53 Å². The lowest BCUT2D eigenvalue weighted by atomic mass is 10.1. The molecule has 3 rings (SSSR count). The van der Waals surface area contributed by atoms with Crippen LogP contribution in [0.25, 0.3) is 0 Å². The Morgan fingerprint density at radius 2 is 1.81 bits per heavy atom. The first-order valence-electron chi connectivity index (χ1n) is 10.6. The van der Waals surface area contributed by atoms with Crippen molar-refractivity contribution in [2.75, 3.05) is 10.6 Å². The standard InChI is InChI=1S/C23H30N6O2S/c1-7-28-13-19(21(27-28)22(30)31-14(2)3)24-23(32)25-20-16(5)26-29(17(20)6)12-18-10-8-15(4)9-11-18/h8-11,13-14H,7,12H2,1-6H3,(H2,24,25,32). The third kappa shape index (κ3) is 5.53. The van der Waals surface area contributed by atoms with E-state index in [2.05, 4.69) is 52.0 Å². The van der Waals surface area contributed by atoms with Crippen LogP contribution in [0.3, 0.4) is 0 Å². The van der Waals surface area contributed by atoms with E-state index in [4.69, 9.17) is 17.0 Å². The number of benzene rings is 1. The molecule has 0 saturated heterocycles. The van der Waals surface area contributed by atoms with E-state index in [9.17, 15) is 4.79 Å². The summed E-state index contributed by atoms with van der Waals surface area (Å²) in [7, 11) is 0. The second-order valence-electron chi connectivity index (χ2n) is 7.97. The van der Waals surface area contributed by atoms with Crippen LogP contribution < -0.4 is 10.6 Å². The summed E-state index contributed by atoms with van der Waals surface area (Å²) in [4.78, 5) is 12.4. The van der Waals surface area contributed by atoms with Crippen LogP contribution in [0.15, 0.2) is 30.5 Å². The van der Waals surface area contributed by atoms with Crippen molar-refractivity contribution in [3.8, 4) is 0 Å². The minimum Gasteiger partial charge on any atom is -0.458 e. The average Bonchev–Trinajstić information content (AvgIpc) is 3.25. The zero-order chi connectivity index (χ0) is 23.4. The zero-order valence-corrected chi connectivity index (χ0v) is 20.2. The van der Waals surface area contributed by atoms with Gasteiger partial charge in [0.25, 0.3) is 0 Å². The maximum absolute atomic E-state index is 12.4. The molecule has 9 heteroatoms. The molecule has 0 unspecified atom stereocenters. The summed E-state index contributed by atoms with van der Waals surface area (Å²) >= 11 is 5.52. The Morgan fingerprint density at radius 3 is 2.44 bits per heavy atom. The molecule has 0 bridgehead atoms. The third-order valence-corrected chi connectivity index (χ3v) is 5.15. The molecule has 0 atom stereocenters. The number of carbonyl (C=O) groups is 1. The monoisotopic (exact) mass is 454 g/mol. The first-order chi connectivity index (χ1) is 15.2. The van der Waals surface area contributed by atoms with Gasteiger partial charge in [-0.1, -0.05) is 29.8 Å². The molecule has 2 N–H and O–H groups in total. The van der Waals surface area contributed by atoms with E-state index in [1.54, 1.807) is 24.7 Å². The number of hydrogen-bond acceptors (Lipinski definition) is 5. The summed E-state index contributed by atoms with van der Waals surface area (Å²) < 4.78 is 8.92. The molecule has 32 heavy (non-hydrogen) atoms. The Kier molecular flexibility index (Phi) is 7.29. The quantitative estimate of drug-likeness (QED) is 0.403. The molecule has 0 spiro atoms. The number of thiocarbonyl (C=S) groups is 1. The van der Waals surface area contributed by atoms with E-state index < -0.39 is 5.97 Å². The number of aromatic nitrogens is 4. The van der Waals surface area contributed by atoms with E-state index in [0.29, 0.717) is 23.9 Å². The van der Waals surface area contributed by atoms with E-state index in [0.717, 1.165) is 17.1 Å². The Bertz CT molecular complexity index is 1110. The fraction of sp³-hybridized carbons (Fsp3) is 0.391. The number of aryl methyl sites for hydroxylation is 3. The maximum Gasteiger partial charge on any atom is 0.361 e. The molecule has 0 aliphatic carbocycles. The molecule has 1 aromatic carbocycles. The molecule has 0 aliphatic heterocycles. The van der Waals surface area contributed by atoms with Crippen LogP contribution >= 0.6 is 12.2 Å². The minimum atomic E-state index is -0.490. The van der Waals surface area contributed by atoms with Crippen molar-refractivity contribution >= 4 is 34.7 Å². The Morgan fingerprint density at radius 1 is 1.12 bits per heavy atom. The van der Waals surface area contributed by atoms with Gasteiger partial charge in [-0.05, 0) is 59.3 Å². The molecule has 2 aromatic heterocycles. The Labute approximate surface area is 194 Å². The molecule has 0 aliphatic rings. The highest BCUT2D eigenvalue weighted by atomic mass is 32.1. The molecule has 0 fully saturated rings. The molecular weight excluding hydrogens is 424 g/mol. The van der Waals surface area contributed by atoms with Gasteiger partial charge in [0.05, 0.1) is 35.4 Å². The molecular formula is C23H30N6O2S. The molecule has 8 nitrogen and oxygen atoms in total. The van der Waals surface area contributed by atoms with Crippen molar-refractivity contribution in [3.05, 3.63) is 58.7 Å². The van der Waals surface area contributed by atoms with Crippen molar-refractivity contribution in [2.24, 2.45) is 0 Å². The summed E-state index contributed by atoms with van der Waals surface area (Å²) in [6.45, 7) is 12.8. The lowest BCUT2D eigenvalue weighted by Gasteiger charge is -2.12. The largest absolute Gasteiger partial charge is 0.458 e. The smallest absolute Gasteiger partial charge is 0.361 e. The van der Waals surface area contributed by atoms with Gasteiger partial charge < -0.3 is 15.4 Å². The molecule has 170 valence electrons. The van der Waals surface area contributed by atoms with Gasteiger partial charge >= 0.3 is 5.97 Å². The van der Waals surface area contributed by atoms with Crippen LogP contribution in [-0.4, -0.2) is 36.7 Å². The topological polar surface area (TPSA) is 86.0 Å². The molecule has 0 amide bonds. The van der Waals surface area contributed by atoms with E-state index in [-0.39, 0.29) is 11.8 Å². The van der Waals surface area contributed by atoms with Gasteiger partial charge in [0.2, 0.25) is 0 Å². The summed E-state index contributed by atoms with van der Waals surface area (Å²) in [6, 6.07) is 8.40. The highest BCUT2D eigenvalue weighted by Crippen LogP contribution is 2.22. The van der Waals surface area contributed by atoms with Crippen molar-refractivity contribution in [1.82, 2.24) is 19.6 Å². The number of rotatable bonds is 7. The summed E-state index contributed by atoms with van der Waals surface area (Å²) in [5.41, 5.74) is 5.74. The predicted molar refractivity (Wildman–Crippen MR) is 130 cm³/mol. The first-order valence-corrected chi connectivity index (χ1v) is 11.0. The van der Waals surface area contributed by atoms with Gasteiger partial charge in [-0.15, -0.1) is 0 Å². The Hall–Kier alpha value is -3.20. The van der Waals surface area contributed by atoms with E-state index in [1.165, 1.54) is 11.1 Å². The van der Waals surface area contributed by atoms with Crippen LogP contribution in [0.4, 0.5) is 11.4 Å². The number of ether oxygens (including phenoxy) is 1. The summed E-state index contributed by atoms with van der Waals surface area (Å²) in [5, 5.41) is 15.6. The number of carbonyl (C=O) groups excluding carboxylic acids is 1. The van der Waals surface area contributed by atoms with Gasteiger partial charge in [0, 0.05) is 12.7 Å². The van der Waals surface area contributed by atoms with E-state index in [1.807, 2.05) is 25.5 Å². The second-order valence-corrected chi connectivity index (χ2v) is 8.38. The number of hydrogen-bond donors (Lipinski definition) is 2. The highest BCUT2D eigenvalue weighted by molar-refractivity contribution is 7.80. The van der Waals surface area contributed by atoms with Gasteiger partial charge in [0.15, 0.2) is 10.8 Å². The predicted octanol–water partition coefficient (Wildman–Crippen LogP) is 4.45.